The summed E-state index contributed by atoms with van der Waals surface area (Å²) in [5, 5.41) is 42.4. The van der Waals surface area contributed by atoms with Crippen LogP contribution in [-0.4, -0.2) is 99.0 Å². The molecule has 19 nitrogen and oxygen atoms in total. The van der Waals surface area contributed by atoms with E-state index in [1.54, 1.807) is 0 Å². The van der Waals surface area contributed by atoms with Crippen molar-refractivity contribution >= 4 is 35.4 Å². The summed E-state index contributed by atoms with van der Waals surface area (Å²) in [5.41, 5.74) is -8.22. The van der Waals surface area contributed by atoms with Crippen molar-refractivity contribution in [3.05, 3.63) is 43.8 Å². The number of aliphatic hydroxyl groups is 1. The number of nitrogens with one attached hydrogen (secondary N) is 1. The minimum atomic E-state index is -2.53. The molecule has 4 rings (SSSR count). The van der Waals surface area contributed by atoms with Gasteiger partial charge in [0.15, 0.2) is 23.7 Å². The van der Waals surface area contributed by atoms with Crippen LogP contribution in [0.15, 0.2) is 23.6 Å². The number of esters is 2. The number of amides is 1. The number of halogens is 2. The number of fused-ring (bicyclic) bond motifs is 5. The van der Waals surface area contributed by atoms with E-state index in [-0.39, 0.29) is 50.7 Å². The number of alkyl halides is 1. The van der Waals surface area contributed by atoms with Gasteiger partial charge in [0.05, 0.1) is 25.7 Å². The molecule has 0 aliphatic heterocycles. The first-order valence-corrected chi connectivity index (χ1v) is 18.6. The molecule has 9 atom stereocenters. The van der Waals surface area contributed by atoms with Gasteiger partial charge in [-0.2, -0.15) is 0 Å². The normalized spacial score (nSPS) is 31.9. The van der Waals surface area contributed by atoms with Crippen molar-refractivity contribution in [2.24, 2.45) is 28.6 Å². The predicted octanol–water partition coefficient (Wildman–Crippen LogP) is 3.01. The van der Waals surface area contributed by atoms with Crippen LogP contribution in [-0.2, 0) is 47.9 Å². The molecule has 316 valence electrons. The van der Waals surface area contributed by atoms with Crippen molar-refractivity contribution in [1.29, 1.82) is 0 Å². The molecule has 1 amide bonds. The van der Waals surface area contributed by atoms with Crippen LogP contribution in [0.5, 0.6) is 0 Å². The highest BCUT2D eigenvalue weighted by atomic mass is 19.1. The number of aliphatic hydroxyl groups excluding tert-OH is 1. The third-order valence-electron chi connectivity index (χ3n) is 12.2. The van der Waals surface area contributed by atoms with Crippen molar-refractivity contribution in [3.63, 3.8) is 0 Å². The summed E-state index contributed by atoms with van der Waals surface area (Å²) >= 11 is 0. The van der Waals surface area contributed by atoms with Gasteiger partial charge in [0.25, 0.3) is 10.2 Å². The van der Waals surface area contributed by atoms with E-state index in [0.717, 1.165) is 6.08 Å². The minimum Gasteiger partial charge on any atom is -0.480 e. The Hall–Kier alpha value is -5.08. The number of ether oxygens (including phenoxy) is 2. The van der Waals surface area contributed by atoms with Gasteiger partial charge in [0.1, 0.15) is 11.9 Å². The van der Waals surface area contributed by atoms with Crippen LogP contribution in [0, 0.1) is 48.8 Å². The lowest BCUT2D eigenvalue weighted by molar-refractivity contribution is -0.757. The zero-order chi connectivity index (χ0) is 42.5. The molecule has 0 heterocycles. The fourth-order valence-corrected chi connectivity index (χ4v) is 9.60. The third-order valence-corrected chi connectivity index (χ3v) is 12.2. The maximum Gasteiger partial charge on any atom is 0.326 e. The molecule has 3 N–H and O–H groups in total. The standard InChI is InChI=1S/C36H47F2N3O16/c1-20-14-22-23-16-25(37)24-15-21(42)10-11-33(24,2)35(23,38)27(43)18-34(22,3)36(20,57-30(46)9-7-13-56-41(52)53)28(44)19-54-31(47)17-26(32(48)49)39-29(45)8-5-4-6-12-55-40(50)51/h10-11,20,22-23,26-27,43H,4-9,12-19H2,1-3H3,(H,39,45)(H,48,49)/t20-,22?,23?,26?,27+,33+,34+,35+,36+/m1/s1. The highest BCUT2D eigenvalue weighted by molar-refractivity contribution is 5.95. The topological polar surface area (TPSA) is 278 Å². The minimum absolute atomic E-state index is 0.0336. The fraction of sp³-hybridized carbons (Fsp3) is 0.722. The average molecular weight is 816 g/mol. The van der Waals surface area contributed by atoms with E-state index in [4.69, 9.17) is 9.47 Å². The Kier molecular flexibility index (Phi) is 13.8. The van der Waals surface area contributed by atoms with Crippen LogP contribution >= 0.6 is 0 Å². The number of carboxylic acid groups (broad SMARTS) is 1. The van der Waals surface area contributed by atoms with Gasteiger partial charge in [-0.3, -0.25) is 24.0 Å². The summed E-state index contributed by atoms with van der Waals surface area (Å²) in [6.07, 6.45) is -1.95. The number of rotatable bonds is 20. The van der Waals surface area contributed by atoms with Gasteiger partial charge in [-0.05, 0) is 56.6 Å². The molecule has 0 aromatic carbocycles. The van der Waals surface area contributed by atoms with E-state index in [0.29, 0.717) is 6.42 Å². The summed E-state index contributed by atoms with van der Waals surface area (Å²) < 4.78 is 44.9. The predicted molar refractivity (Wildman–Crippen MR) is 186 cm³/mol. The highest BCUT2D eigenvalue weighted by Gasteiger charge is 2.77. The van der Waals surface area contributed by atoms with Crippen molar-refractivity contribution in [3.8, 4) is 0 Å². The molecule has 4 aliphatic carbocycles. The summed E-state index contributed by atoms with van der Waals surface area (Å²) in [6.45, 7) is 2.62. The van der Waals surface area contributed by atoms with Crippen molar-refractivity contribution < 1.29 is 77.1 Å². The van der Waals surface area contributed by atoms with E-state index >= 15 is 8.78 Å². The second-order valence-electron chi connectivity index (χ2n) is 15.5. The molecular weight excluding hydrogens is 768 g/mol. The van der Waals surface area contributed by atoms with Crippen molar-refractivity contribution in [2.45, 2.75) is 115 Å². The van der Waals surface area contributed by atoms with Crippen molar-refractivity contribution in [2.75, 3.05) is 19.8 Å². The molecule has 57 heavy (non-hydrogen) atoms. The fourth-order valence-electron chi connectivity index (χ4n) is 9.60. The number of hydrogen-bond donors (Lipinski definition) is 3. The Balaban J connectivity index is 1.56. The number of unbranched alkanes of at least 4 members (excludes halogenated alkanes) is 2. The van der Waals surface area contributed by atoms with E-state index in [2.05, 4.69) is 15.0 Å². The van der Waals surface area contributed by atoms with Gasteiger partial charge >= 0.3 is 17.9 Å². The quantitative estimate of drug-likeness (QED) is 0.0689. The number of allylic oxidation sites excluding steroid dienone is 4. The van der Waals surface area contributed by atoms with E-state index in [1.165, 1.54) is 26.8 Å². The molecule has 3 unspecified atom stereocenters. The highest BCUT2D eigenvalue weighted by Crippen LogP contribution is 2.71. The molecule has 0 spiro atoms. The Labute approximate surface area is 324 Å². The van der Waals surface area contributed by atoms with Gasteiger partial charge in [-0.25, -0.2) is 13.6 Å². The number of ketones is 2. The van der Waals surface area contributed by atoms with Crippen LogP contribution in [0.2, 0.25) is 0 Å². The summed E-state index contributed by atoms with van der Waals surface area (Å²) in [7, 11) is 0. The first-order chi connectivity index (χ1) is 26.6. The molecular formula is C36H47F2N3O16. The number of Topliss-reactive ketones (excluding diaryl/α,β-unsaturated/α-hetero) is 1. The number of hydrogen-bond acceptors (Lipinski definition) is 15. The molecule has 0 bridgehead atoms. The van der Waals surface area contributed by atoms with E-state index in [1.807, 2.05) is 0 Å². The second-order valence-corrected chi connectivity index (χ2v) is 15.5. The number of nitrogens with zero attached hydrogens (tertiary/aromatic N) is 2. The monoisotopic (exact) mass is 815 g/mol. The summed E-state index contributed by atoms with van der Waals surface area (Å²) in [5.74, 6) is -10.0. The molecule has 0 saturated heterocycles. The molecule has 4 aliphatic rings. The zero-order valence-corrected chi connectivity index (χ0v) is 31.7. The number of carbonyl (C=O) groups excluding carboxylic acids is 5. The lowest BCUT2D eigenvalue weighted by Gasteiger charge is -2.62. The summed E-state index contributed by atoms with van der Waals surface area (Å²) in [4.78, 5) is 107. The third kappa shape index (κ3) is 8.76. The summed E-state index contributed by atoms with van der Waals surface area (Å²) in [6, 6.07) is -1.78. The Morgan fingerprint density at radius 1 is 1.00 bits per heavy atom. The Morgan fingerprint density at radius 3 is 2.28 bits per heavy atom. The number of carbonyl (C=O) groups is 6. The molecule has 2 saturated carbocycles. The van der Waals surface area contributed by atoms with Crippen molar-refractivity contribution in [1.82, 2.24) is 5.32 Å². The Bertz CT molecular complexity index is 1720. The first-order valence-electron chi connectivity index (χ1n) is 18.6. The van der Waals surface area contributed by atoms with Crippen LogP contribution in [0.1, 0.15) is 91.4 Å². The Morgan fingerprint density at radius 2 is 1.65 bits per heavy atom. The van der Waals surface area contributed by atoms with E-state index < -0.39 is 142 Å². The molecule has 0 aromatic rings. The van der Waals surface area contributed by atoms with Gasteiger partial charge < -0.3 is 34.7 Å². The van der Waals surface area contributed by atoms with E-state index in [9.17, 15) is 59.2 Å². The SMILES string of the molecule is C[C@@H]1CC2C3CC(F)=C4CC(=O)C=C[C@]4(C)[C@@]3(F)[C@@H](O)C[C@]2(C)[C@@]1(OC(=O)CCCO[N+](=O)[O-])C(=O)COC(=O)CC(NC(=O)CCCCCO[N+](=O)[O-])C(=O)O. The molecule has 2 fully saturated rings. The number of carboxylic acids is 1. The van der Waals surface area contributed by atoms with Gasteiger partial charge in [-0.15, -0.1) is 20.2 Å². The van der Waals surface area contributed by atoms with Crippen LogP contribution < -0.4 is 5.32 Å². The number of aliphatic carboxylic acids is 1. The zero-order valence-electron chi connectivity index (χ0n) is 31.7. The van der Waals surface area contributed by atoms with Crippen LogP contribution in [0.3, 0.4) is 0 Å². The van der Waals surface area contributed by atoms with Crippen LogP contribution in [0.25, 0.3) is 0 Å². The molecule has 21 heteroatoms. The average Bonchev–Trinajstić information content (AvgIpc) is 3.34. The lowest BCUT2D eigenvalue weighted by atomic mass is 9.45. The maximum atomic E-state index is 17.8. The molecule has 0 aromatic heterocycles. The maximum absolute atomic E-state index is 17.8. The first kappa shape index (κ1) is 44.6. The smallest absolute Gasteiger partial charge is 0.326 e. The lowest BCUT2D eigenvalue weighted by Crippen LogP contribution is -2.70. The van der Waals surface area contributed by atoms with Gasteiger partial charge in [0.2, 0.25) is 11.7 Å². The largest absolute Gasteiger partial charge is 0.480 e. The van der Waals surface area contributed by atoms with Gasteiger partial charge in [0, 0.05) is 48.3 Å². The van der Waals surface area contributed by atoms with Gasteiger partial charge in [-0.1, -0.05) is 26.3 Å². The van der Waals surface area contributed by atoms with Crippen LogP contribution in [0.4, 0.5) is 8.78 Å². The second kappa shape index (κ2) is 17.6. The molecule has 0 radical (unpaired) electrons.